The summed E-state index contributed by atoms with van der Waals surface area (Å²) in [6.07, 6.45) is 3.44. The van der Waals surface area contributed by atoms with Crippen LogP contribution in [0.15, 0.2) is 39.6 Å². The van der Waals surface area contributed by atoms with Crippen molar-refractivity contribution in [3.8, 4) is 11.5 Å². The SMILES string of the molecule is CCN(CC)c1ccc2c(c1)OC(C(C)(C)C)=CC2=Cc1c(O)c(=O)c1=O. The second-order valence-corrected chi connectivity index (χ2v) is 7.73. The third kappa shape index (κ3) is 3.29. The van der Waals surface area contributed by atoms with Gasteiger partial charge in [-0.3, -0.25) is 9.59 Å². The lowest BCUT2D eigenvalue weighted by Gasteiger charge is -2.30. The molecule has 2 aromatic rings. The van der Waals surface area contributed by atoms with E-state index in [0.717, 1.165) is 35.7 Å². The van der Waals surface area contributed by atoms with Gasteiger partial charge in [0.15, 0.2) is 5.75 Å². The van der Waals surface area contributed by atoms with Gasteiger partial charge in [0.05, 0.1) is 5.56 Å². The van der Waals surface area contributed by atoms with Gasteiger partial charge in [-0.05, 0) is 43.7 Å². The normalized spacial score (nSPS) is 15.4. The van der Waals surface area contributed by atoms with Crippen molar-refractivity contribution >= 4 is 17.3 Å². The Morgan fingerprint density at radius 2 is 1.78 bits per heavy atom. The fraction of sp³-hybridized carbons (Fsp3) is 0.364. The van der Waals surface area contributed by atoms with Crippen LogP contribution in [0, 0.1) is 5.41 Å². The lowest BCUT2D eigenvalue weighted by molar-refractivity contribution is 0.291. The van der Waals surface area contributed by atoms with Crippen molar-refractivity contribution < 1.29 is 9.84 Å². The molecule has 0 atom stereocenters. The molecule has 1 heterocycles. The molecule has 0 unspecified atom stereocenters. The number of allylic oxidation sites excluding steroid dienone is 3. The highest BCUT2D eigenvalue weighted by molar-refractivity contribution is 5.93. The summed E-state index contributed by atoms with van der Waals surface area (Å²) in [5.41, 5.74) is 0.966. The number of hydrogen-bond donors (Lipinski definition) is 1. The minimum Gasteiger partial charge on any atom is -0.504 e. The topological polar surface area (TPSA) is 66.8 Å². The monoisotopic (exact) mass is 367 g/mol. The van der Waals surface area contributed by atoms with Gasteiger partial charge in [0.2, 0.25) is 5.43 Å². The minimum absolute atomic E-state index is 0.0557. The van der Waals surface area contributed by atoms with Crippen LogP contribution in [0.5, 0.6) is 11.5 Å². The molecule has 3 rings (SSSR count). The molecule has 1 N–H and O–H groups in total. The van der Waals surface area contributed by atoms with E-state index in [4.69, 9.17) is 4.74 Å². The summed E-state index contributed by atoms with van der Waals surface area (Å²) in [6.45, 7) is 12.1. The molecule has 0 aliphatic carbocycles. The molecule has 0 radical (unpaired) electrons. The van der Waals surface area contributed by atoms with Crippen LogP contribution >= 0.6 is 0 Å². The fourth-order valence-corrected chi connectivity index (χ4v) is 3.16. The molecule has 0 fully saturated rings. The molecule has 27 heavy (non-hydrogen) atoms. The van der Waals surface area contributed by atoms with E-state index in [1.165, 1.54) is 0 Å². The number of benzene rings is 1. The zero-order valence-electron chi connectivity index (χ0n) is 16.4. The highest BCUT2D eigenvalue weighted by Gasteiger charge is 2.27. The molecule has 1 aliphatic rings. The van der Waals surface area contributed by atoms with Crippen LogP contribution in [0.4, 0.5) is 5.69 Å². The largest absolute Gasteiger partial charge is 0.504 e. The van der Waals surface area contributed by atoms with Crippen LogP contribution < -0.4 is 20.5 Å². The summed E-state index contributed by atoms with van der Waals surface area (Å²) in [7, 11) is 0. The van der Waals surface area contributed by atoms with Crippen LogP contribution in [0.25, 0.3) is 11.6 Å². The second kappa shape index (κ2) is 6.72. The Labute approximate surface area is 158 Å². The first-order chi connectivity index (χ1) is 12.7. The molecular weight excluding hydrogens is 342 g/mol. The predicted octanol–water partition coefficient (Wildman–Crippen LogP) is 3.70. The first-order valence-corrected chi connectivity index (χ1v) is 9.20. The van der Waals surface area contributed by atoms with Crippen LogP contribution in [-0.4, -0.2) is 18.2 Å². The molecule has 1 aliphatic heterocycles. The summed E-state index contributed by atoms with van der Waals surface area (Å²) < 4.78 is 6.18. The third-order valence-corrected chi connectivity index (χ3v) is 4.87. The Morgan fingerprint density at radius 1 is 1.11 bits per heavy atom. The molecule has 0 aromatic heterocycles. The average Bonchev–Trinajstić information content (AvgIpc) is 2.64. The molecule has 2 aromatic carbocycles. The van der Waals surface area contributed by atoms with Crippen molar-refractivity contribution in [1.29, 1.82) is 0 Å². The number of rotatable bonds is 4. The van der Waals surface area contributed by atoms with E-state index < -0.39 is 16.6 Å². The van der Waals surface area contributed by atoms with Gasteiger partial charge in [-0.25, -0.2) is 0 Å². The smallest absolute Gasteiger partial charge is 0.268 e. The number of anilines is 1. The molecular formula is C22H25NO4. The van der Waals surface area contributed by atoms with Crippen LogP contribution in [0.2, 0.25) is 0 Å². The molecule has 142 valence electrons. The number of hydrogen-bond acceptors (Lipinski definition) is 5. The maximum atomic E-state index is 11.8. The Balaban J connectivity index is 2.15. The van der Waals surface area contributed by atoms with Crippen molar-refractivity contribution in [2.45, 2.75) is 34.6 Å². The zero-order valence-corrected chi connectivity index (χ0v) is 16.4. The Bertz CT molecular complexity index is 1010. The van der Waals surface area contributed by atoms with Gasteiger partial charge >= 0.3 is 0 Å². The molecule has 0 bridgehead atoms. The minimum atomic E-state index is -0.828. The van der Waals surface area contributed by atoms with Crippen molar-refractivity contribution in [3.63, 3.8) is 0 Å². The van der Waals surface area contributed by atoms with Gasteiger partial charge in [0, 0.05) is 35.8 Å². The van der Waals surface area contributed by atoms with E-state index in [1.54, 1.807) is 6.08 Å². The molecule has 0 saturated carbocycles. The van der Waals surface area contributed by atoms with Gasteiger partial charge in [-0.2, -0.15) is 0 Å². The van der Waals surface area contributed by atoms with Gasteiger partial charge < -0.3 is 14.7 Å². The number of fused-ring (bicyclic) bond motifs is 1. The Hall–Kier alpha value is -2.82. The summed E-state index contributed by atoms with van der Waals surface area (Å²) in [4.78, 5) is 25.3. The highest BCUT2D eigenvalue weighted by atomic mass is 16.5. The lowest BCUT2D eigenvalue weighted by Crippen LogP contribution is -2.32. The van der Waals surface area contributed by atoms with Crippen molar-refractivity contribution in [3.05, 3.63) is 61.6 Å². The van der Waals surface area contributed by atoms with Gasteiger partial charge in [-0.15, -0.1) is 0 Å². The standard InChI is InChI=1S/C22H25NO4/c1-6-23(7-2)14-8-9-15-13(10-16-19(24)21(26)20(16)25)11-18(22(3,4)5)27-17(15)12-14/h8-12,24H,6-7H2,1-5H3. The second-order valence-electron chi connectivity index (χ2n) is 7.73. The summed E-state index contributed by atoms with van der Waals surface area (Å²) in [5.74, 6) is 0.999. The molecule has 5 nitrogen and oxygen atoms in total. The number of nitrogens with zero attached hydrogens (tertiary/aromatic N) is 1. The van der Waals surface area contributed by atoms with E-state index in [0.29, 0.717) is 5.75 Å². The molecule has 0 spiro atoms. The summed E-state index contributed by atoms with van der Waals surface area (Å²) >= 11 is 0. The maximum Gasteiger partial charge on any atom is 0.268 e. The maximum absolute atomic E-state index is 11.8. The molecule has 0 amide bonds. The number of aromatic hydroxyl groups is 1. The van der Waals surface area contributed by atoms with Gasteiger partial charge in [0.25, 0.3) is 5.43 Å². The predicted molar refractivity (Wildman–Crippen MR) is 109 cm³/mol. The first-order valence-electron chi connectivity index (χ1n) is 9.20. The first kappa shape index (κ1) is 19.0. The van der Waals surface area contributed by atoms with Crippen LogP contribution in [-0.2, 0) is 0 Å². The molecule has 5 heteroatoms. The fourth-order valence-electron chi connectivity index (χ4n) is 3.16. The van der Waals surface area contributed by atoms with E-state index in [9.17, 15) is 14.7 Å². The van der Waals surface area contributed by atoms with Crippen molar-refractivity contribution in [2.75, 3.05) is 18.0 Å². The molecule has 0 saturated heterocycles. The third-order valence-electron chi connectivity index (χ3n) is 4.87. The van der Waals surface area contributed by atoms with Crippen LogP contribution in [0.3, 0.4) is 0 Å². The van der Waals surface area contributed by atoms with Crippen molar-refractivity contribution in [2.24, 2.45) is 5.41 Å². The summed E-state index contributed by atoms with van der Waals surface area (Å²) in [6, 6.07) is 5.96. The average molecular weight is 367 g/mol. The Morgan fingerprint density at radius 3 is 2.33 bits per heavy atom. The van der Waals surface area contributed by atoms with E-state index in [-0.39, 0.29) is 11.0 Å². The van der Waals surface area contributed by atoms with Crippen molar-refractivity contribution in [1.82, 2.24) is 0 Å². The van der Waals surface area contributed by atoms with E-state index >= 15 is 0 Å². The summed E-state index contributed by atoms with van der Waals surface area (Å²) in [5, 5.41) is 9.74. The zero-order chi connectivity index (χ0) is 19.9. The highest BCUT2D eigenvalue weighted by Crippen LogP contribution is 2.42. The van der Waals surface area contributed by atoms with Gasteiger partial charge in [0.1, 0.15) is 11.5 Å². The van der Waals surface area contributed by atoms with Crippen LogP contribution in [0.1, 0.15) is 45.7 Å². The Kier molecular flexibility index (Phi) is 4.72. The van der Waals surface area contributed by atoms with Gasteiger partial charge in [-0.1, -0.05) is 20.8 Å². The van der Waals surface area contributed by atoms with E-state index in [1.807, 2.05) is 45.0 Å². The quantitative estimate of drug-likeness (QED) is 0.835. The lowest BCUT2D eigenvalue weighted by atomic mass is 9.88. The number of ether oxygens (including phenoxy) is 1. The van der Waals surface area contributed by atoms with E-state index in [2.05, 4.69) is 18.7 Å².